The minimum absolute atomic E-state index is 0.0555. The molecule has 0 aromatic heterocycles. The quantitative estimate of drug-likeness (QED) is 0.783. The minimum Gasteiger partial charge on any atom is -0.347 e. The number of rotatable bonds is 4. The van der Waals surface area contributed by atoms with Crippen LogP contribution < -0.4 is 0 Å². The molecule has 2 aromatic carbocycles. The Morgan fingerprint density at radius 1 is 0.862 bits per heavy atom. The molecular weight excluding hydrogens is 360 g/mol. The van der Waals surface area contributed by atoms with Crippen molar-refractivity contribution in [2.75, 3.05) is 32.8 Å². The molecule has 0 atom stereocenters. The third-order valence-corrected chi connectivity index (χ3v) is 6.86. The third kappa shape index (κ3) is 3.87. The number of piperidine rings is 1. The highest BCUT2D eigenvalue weighted by molar-refractivity contribution is 5.32. The van der Waals surface area contributed by atoms with E-state index >= 15 is 0 Å². The van der Waals surface area contributed by atoms with E-state index in [0.29, 0.717) is 12.1 Å². The monoisotopic (exact) mass is 392 g/mol. The van der Waals surface area contributed by atoms with Gasteiger partial charge in [0, 0.05) is 32.2 Å². The number of hydrogen-bond donors (Lipinski definition) is 0. The van der Waals surface area contributed by atoms with E-state index in [4.69, 9.17) is 9.47 Å². The van der Waals surface area contributed by atoms with E-state index in [0.717, 1.165) is 45.6 Å². The fraction of sp³-hybridized carbons (Fsp3) is 0.520. The lowest BCUT2D eigenvalue weighted by atomic mass is 9.88. The van der Waals surface area contributed by atoms with Crippen molar-refractivity contribution < 1.29 is 9.47 Å². The summed E-state index contributed by atoms with van der Waals surface area (Å²) in [6.07, 6.45) is 2.15. The Kier molecular flexibility index (Phi) is 4.99. The average molecular weight is 393 g/mol. The fourth-order valence-electron chi connectivity index (χ4n) is 5.24. The Morgan fingerprint density at radius 3 is 1.90 bits per heavy atom. The van der Waals surface area contributed by atoms with Crippen molar-refractivity contribution >= 4 is 0 Å². The van der Waals surface area contributed by atoms with Gasteiger partial charge in [-0.1, -0.05) is 60.7 Å². The zero-order chi connectivity index (χ0) is 19.9. The van der Waals surface area contributed by atoms with Gasteiger partial charge in [0.05, 0.1) is 18.2 Å². The molecule has 0 aliphatic carbocycles. The van der Waals surface area contributed by atoms with Gasteiger partial charge in [-0.15, -0.1) is 0 Å². The lowest BCUT2D eigenvalue weighted by Crippen LogP contribution is -2.62. The smallest absolute Gasteiger partial charge is 0.163 e. The predicted molar refractivity (Wildman–Crippen MR) is 115 cm³/mol. The Bertz CT molecular complexity index is 770. The summed E-state index contributed by atoms with van der Waals surface area (Å²) >= 11 is 0. The van der Waals surface area contributed by atoms with Crippen molar-refractivity contribution in [1.82, 2.24) is 9.80 Å². The zero-order valence-corrected chi connectivity index (χ0v) is 17.6. The molecule has 3 aliphatic heterocycles. The first-order valence-corrected chi connectivity index (χ1v) is 11.0. The van der Waals surface area contributed by atoms with Crippen molar-refractivity contribution in [1.29, 1.82) is 0 Å². The van der Waals surface area contributed by atoms with Crippen LogP contribution in [0.5, 0.6) is 0 Å². The lowest BCUT2D eigenvalue weighted by Gasteiger charge is -2.51. The second-order valence-corrected chi connectivity index (χ2v) is 9.34. The molecule has 154 valence electrons. The molecule has 0 N–H and O–H groups in total. The van der Waals surface area contributed by atoms with Gasteiger partial charge in [-0.25, -0.2) is 0 Å². The van der Waals surface area contributed by atoms with Gasteiger partial charge in [-0.2, -0.15) is 0 Å². The first-order valence-electron chi connectivity index (χ1n) is 11.0. The minimum atomic E-state index is -0.423. The van der Waals surface area contributed by atoms with Crippen molar-refractivity contribution in [2.45, 2.75) is 50.2 Å². The largest absolute Gasteiger partial charge is 0.347 e. The van der Waals surface area contributed by atoms with Crippen LogP contribution in [0.25, 0.3) is 0 Å². The van der Waals surface area contributed by atoms with Crippen molar-refractivity contribution in [3.8, 4) is 0 Å². The average Bonchev–Trinajstić information content (AvgIpc) is 3.01. The first kappa shape index (κ1) is 19.3. The van der Waals surface area contributed by atoms with Crippen LogP contribution in [0.1, 0.15) is 43.9 Å². The molecule has 4 heteroatoms. The van der Waals surface area contributed by atoms with Crippen LogP contribution in [0.15, 0.2) is 60.7 Å². The summed E-state index contributed by atoms with van der Waals surface area (Å²) < 4.78 is 12.1. The second-order valence-electron chi connectivity index (χ2n) is 9.34. The summed E-state index contributed by atoms with van der Waals surface area (Å²) in [6.45, 7) is 9.29. The first-order chi connectivity index (χ1) is 14.0. The summed E-state index contributed by atoms with van der Waals surface area (Å²) in [4.78, 5) is 5.29. The van der Waals surface area contributed by atoms with E-state index in [-0.39, 0.29) is 5.60 Å². The van der Waals surface area contributed by atoms with Crippen LogP contribution in [0, 0.1) is 0 Å². The molecule has 1 spiro atoms. The summed E-state index contributed by atoms with van der Waals surface area (Å²) in [5, 5.41) is 0. The van der Waals surface area contributed by atoms with Gasteiger partial charge in [0.15, 0.2) is 5.79 Å². The molecule has 0 saturated carbocycles. The van der Waals surface area contributed by atoms with Crippen molar-refractivity contribution in [2.24, 2.45) is 0 Å². The second kappa shape index (κ2) is 7.51. The maximum atomic E-state index is 6.27. The molecule has 4 nitrogen and oxygen atoms in total. The summed E-state index contributed by atoms with van der Waals surface area (Å²) in [6, 6.07) is 22.8. The molecule has 0 bridgehead atoms. The Labute approximate surface area is 174 Å². The van der Waals surface area contributed by atoms with Crippen LogP contribution in [0.3, 0.4) is 0 Å². The highest BCUT2D eigenvalue weighted by Gasteiger charge is 2.48. The van der Waals surface area contributed by atoms with E-state index in [2.05, 4.69) is 70.5 Å². The van der Waals surface area contributed by atoms with Crippen molar-refractivity contribution in [3.63, 3.8) is 0 Å². The van der Waals surface area contributed by atoms with E-state index in [9.17, 15) is 0 Å². The summed E-state index contributed by atoms with van der Waals surface area (Å²) in [7, 11) is 0. The highest BCUT2D eigenvalue weighted by Crippen LogP contribution is 2.40. The Balaban J connectivity index is 1.23. The standard InChI is InChI=1S/C25H32N2O2/c1-24(2)28-19-25(29-24)13-15-26(16-14-25)22-17-27(18-22)23(20-9-5-3-6-10-20)21-11-7-4-8-12-21/h3-12,22-23H,13-19H2,1-2H3. The highest BCUT2D eigenvalue weighted by atomic mass is 16.8. The van der Waals surface area contributed by atoms with Gasteiger partial charge in [-0.3, -0.25) is 9.80 Å². The van der Waals surface area contributed by atoms with Crippen LogP contribution in [-0.2, 0) is 9.47 Å². The maximum absolute atomic E-state index is 6.27. The van der Waals surface area contributed by atoms with Crippen molar-refractivity contribution in [3.05, 3.63) is 71.8 Å². The molecule has 3 fully saturated rings. The molecule has 2 aromatic rings. The zero-order valence-electron chi connectivity index (χ0n) is 17.6. The molecule has 3 saturated heterocycles. The maximum Gasteiger partial charge on any atom is 0.163 e. The fourth-order valence-corrected chi connectivity index (χ4v) is 5.24. The van der Waals surface area contributed by atoms with Gasteiger partial charge >= 0.3 is 0 Å². The van der Waals surface area contributed by atoms with Crippen LogP contribution in [-0.4, -0.2) is 60.0 Å². The lowest BCUT2D eigenvalue weighted by molar-refractivity contribution is -0.172. The molecule has 3 aliphatic rings. The van der Waals surface area contributed by atoms with Gasteiger partial charge in [0.25, 0.3) is 0 Å². The number of hydrogen-bond acceptors (Lipinski definition) is 4. The Morgan fingerprint density at radius 2 is 1.41 bits per heavy atom. The SMILES string of the molecule is CC1(C)OCC2(CCN(C3CN(C(c4ccccc4)c4ccccc4)C3)CC2)O1. The van der Waals surface area contributed by atoms with Crippen LogP contribution in [0.4, 0.5) is 0 Å². The summed E-state index contributed by atoms with van der Waals surface area (Å²) in [5.41, 5.74) is 2.71. The molecule has 5 rings (SSSR count). The molecular formula is C25H32N2O2. The van der Waals surface area contributed by atoms with E-state index in [1.165, 1.54) is 11.1 Å². The van der Waals surface area contributed by atoms with E-state index in [1.54, 1.807) is 0 Å². The van der Waals surface area contributed by atoms with E-state index < -0.39 is 5.79 Å². The molecule has 0 amide bonds. The summed E-state index contributed by atoms with van der Waals surface area (Å²) in [5.74, 6) is -0.423. The number of nitrogens with zero attached hydrogens (tertiary/aromatic N) is 2. The molecule has 29 heavy (non-hydrogen) atoms. The van der Waals surface area contributed by atoms with Crippen LogP contribution >= 0.6 is 0 Å². The number of ether oxygens (including phenoxy) is 2. The van der Waals surface area contributed by atoms with Gasteiger partial charge in [0.2, 0.25) is 0 Å². The Hall–Kier alpha value is -1.72. The number of likely N-dealkylation sites (tertiary alicyclic amines) is 2. The topological polar surface area (TPSA) is 24.9 Å². The molecule has 0 unspecified atom stereocenters. The normalized spacial score (nSPS) is 24.8. The van der Waals surface area contributed by atoms with E-state index in [1.807, 2.05) is 13.8 Å². The molecule has 3 heterocycles. The van der Waals surface area contributed by atoms with Gasteiger partial charge in [0.1, 0.15) is 0 Å². The predicted octanol–water partition coefficient (Wildman–Crippen LogP) is 4.08. The molecule has 0 radical (unpaired) electrons. The van der Waals surface area contributed by atoms with Crippen LogP contribution in [0.2, 0.25) is 0 Å². The van der Waals surface area contributed by atoms with Gasteiger partial charge in [-0.05, 0) is 37.8 Å². The number of benzene rings is 2. The third-order valence-electron chi connectivity index (χ3n) is 6.86. The van der Waals surface area contributed by atoms with Gasteiger partial charge < -0.3 is 9.47 Å².